The van der Waals surface area contributed by atoms with Crippen LogP contribution in [0.25, 0.3) is 0 Å². The SMILES string of the molecule is CCC(Br)c1nnc(CC2CC3CCC2C3)s1. The van der Waals surface area contributed by atoms with E-state index in [0.717, 1.165) is 29.2 Å². The molecule has 2 aliphatic carbocycles. The molecule has 4 heteroatoms. The molecular weight excluding hydrogens is 296 g/mol. The molecule has 2 aliphatic rings. The second-order valence-corrected chi connectivity index (χ2v) is 7.75. The monoisotopic (exact) mass is 314 g/mol. The Morgan fingerprint density at radius 3 is 2.88 bits per heavy atom. The van der Waals surface area contributed by atoms with Crippen molar-refractivity contribution in [2.24, 2.45) is 17.8 Å². The first-order valence-corrected chi connectivity index (χ1v) is 8.45. The molecule has 1 heterocycles. The molecule has 4 atom stereocenters. The van der Waals surface area contributed by atoms with Crippen LogP contribution in [-0.4, -0.2) is 10.2 Å². The van der Waals surface area contributed by atoms with E-state index < -0.39 is 0 Å². The van der Waals surface area contributed by atoms with Gasteiger partial charge in [0.15, 0.2) is 0 Å². The lowest BCUT2D eigenvalue weighted by Crippen LogP contribution is -2.12. The molecule has 0 spiro atoms. The van der Waals surface area contributed by atoms with Gasteiger partial charge in [-0.1, -0.05) is 29.3 Å². The van der Waals surface area contributed by atoms with E-state index in [9.17, 15) is 0 Å². The van der Waals surface area contributed by atoms with E-state index in [-0.39, 0.29) is 0 Å². The summed E-state index contributed by atoms with van der Waals surface area (Å²) in [6.45, 7) is 2.18. The fraction of sp³-hybridized carbons (Fsp3) is 0.846. The molecule has 0 saturated heterocycles. The van der Waals surface area contributed by atoms with Crippen molar-refractivity contribution in [1.29, 1.82) is 0 Å². The summed E-state index contributed by atoms with van der Waals surface area (Å²) in [6, 6.07) is 0. The number of fused-ring (bicyclic) bond motifs is 2. The molecular formula is C13H19BrN2S. The van der Waals surface area contributed by atoms with Gasteiger partial charge in [0.25, 0.3) is 0 Å². The quantitative estimate of drug-likeness (QED) is 0.771. The molecule has 1 aromatic rings. The number of halogens is 1. The maximum absolute atomic E-state index is 4.37. The predicted octanol–water partition coefficient (Wildman–Crippen LogP) is 4.36. The molecule has 4 unspecified atom stereocenters. The summed E-state index contributed by atoms with van der Waals surface area (Å²) >= 11 is 5.46. The lowest BCUT2D eigenvalue weighted by molar-refractivity contribution is 0.331. The molecule has 1 aromatic heterocycles. The van der Waals surface area contributed by atoms with Crippen molar-refractivity contribution in [1.82, 2.24) is 10.2 Å². The van der Waals surface area contributed by atoms with Crippen molar-refractivity contribution >= 4 is 27.3 Å². The van der Waals surface area contributed by atoms with Gasteiger partial charge < -0.3 is 0 Å². The zero-order chi connectivity index (χ0) is 11.8. The highest BCUT2D eigenvalue weighted by Crippen LogP contribution is 2.49. The van der Waals surface area contributed by atoms with Crippen LogP contribution in [0.1, 0.15) is 53.9 Å². The van der Waals surface area contributed by atoms with Crippen LogP contribution in [0, 0.1) is 17.8 Å². The highest BCUT2D eigenvalue weighted by atomic mass is 79.9. The maximum atomic E-state index is 4.37. The van der Waals surface area contributed by atoms with Gasteiger partial charge in [0.2, 0.25) is 0 Å². The molecule has 17 heavy (non-hydrogen) atoms. The number of alkyl halides is 1. The zero-order valence-corrected chi connectivity index (χ0v) is 12.6. The molecule has 2 bridgehead atoms. The van der Waals surface area contributed by atoms with E-state index in [1.165, 1.54) is 37.1 Å². The van der Waals surface area contributed by atoms with Crippen molar-refractivity contribution in [2.75, 3.05) is 0 Å². The van der Waals surface area contributed by atoms with Crippen LogP contribution in [0.5, 0.6) is 0 Å². The topological polar surface area (TPSA) is 25.8 Å². The molecule has 0 amide bonds. The van der Waals surface area contributed by atoms with Gasteiger partial charge in [0.05, 0.1) is 4.83 Å². The van der Waals surface area contributed by atoms with E-state index >= 15 is 0 Å². The Hall–Kier alpha value is 0.0400. The summed E-state index contributed by atoms with van der Waals surface area (Å²) in [7, 11) is 0. The summed E-state index contributed by atoms with van der Waals surface area (Å²) in [5.41, 5.74) is 0. The first-order chi connectivity index (χ1) is 8.26. The van der Waals surface area contributed by atoms with Gasteiger partial charge in [-0.25, -0.2) is 0 Å². The Labute approximate surface area is 115 Å². The lowest BCUT2D eigenvalue weighted by Gasteiger charge is -2.19. The fourth-order valence-electron chi connectivity index (χ4n) is 3.50. The van der Waals surface area contributed by atoms with Crippen LogP contribution >= 0.6 is 27.3 Å². The van der Waals surface area contributed by atoms with Crippen molar-refractivity contribution in [3.63, 3.8) is 0 Å². The fourth-order valence-corrected chi connectivity index (χ4v) is 4.87. The van der Waals surface area contributed by atoms with E-state index in [0.29, 0.717) is 4.83 Å². The smallest absolute Gasteiger partial charge is 0.131 e. The maximum Gasteiger partial charge on any atom is 0.131 e. The van der Waals surface area contributed by atoms with Crippen LogP contribution in [-0.2, 0) is 6.42 Å². The average Bonchev–Trinajstić information content (AvgIpc) is 3.03. The Bertz CT molecular complexity index is 393. The van der Waals surface area contributed by atoms with Crippen LogP contribution in [0.3, 0.4) is 0 Å². The van der Waals surface area contributed by atoms with Crippen LogP contribution in [0.15, 0.2) is 0 Å². The minimum absolute atomic E-state index is 0.397. The van der Waals surface area contributed by atoms with Gasteiger partial charge in [0.1, 0.15) is 10.0 Å². The molecule has 2 nitrogen and oxygen atoms in total. The molecule has 2 saturated carbocycles. The second-order valence-electron chi connectivity index (χ2n) is 5.55. The third kappa shape index (κ3) is 2.43. The molecule has 2 fully saturated rings. The highest BCUT2D eigenvalue weighted by molar-refractivity contribution is 9.09. The number of nitrogens with zero attached hydrogens (tertiary/aromatic N) is 2. The van der Waals surface area contributed by atoms with E-state index in [1.807, 2.05) is 11.3 Å². The van der Waals surface area contributed by atoms with Crippen molar-refractivity contribution in [3.05, 3.63) is 10.0 Å². The van der Waals surface area contributed by atoms with Gasteiger partial charge >= 0.3 is 0 Å². The van der Waals surface area contributed by atoms with Crippen LogP contribution in [0.4, 0.5) is 0 Å². The van der Waals surface area contributed by atoms with Crippen LogP contribution < -0.4 is 0 Å². The minimum Gasteiger partial charge on any atom is -0.144 e. The van der Waals surface area contributed by atoms with Gasteiger partial charge in [-0.05, 0) is 43.4 Å². The molecule has 0 aromatic carbocycles. The van der Waals surface area contributed by atoms with Crippen molar-refractivity contribution in [3.8, 4) is 0 Å². The summed E-state index contributed by atoms with van der Waals surface area (Å²) in [6.07, 6.45) is 8.17. The zero-order valence-electron chi connectivity index (χ0n) is 10.2. The first kappa shape index (κ1) is 12.1. The number of hydrogen-bond acceptors (Lipinski definition) is 3. The summed E-state index contributed by atoms with van der Waals surface area (Å²) in [4.78, 5) is 0.397. The Balaban J connectivity index is 1.63. The molecule has 0 aliphatic heterocycles. The lowest BCUT2D eigenvalue weighted by atomic mass is 9.87. The summed E-state index contributed by atoms with van der Waals surface area (Å²) in [5.74, 6) is 2.94. The van der Waals surface area contributed by atoms with Gasteiger partial charge in [-0.15, -0.1) is 21.5 Å². The third-order valence-corrected chi connectivity index (χ3v) is 6.87. The van der Waals surface area contributed by atoms with Crippen molar-refractivity contribution < 1.29 is 0 Å². The Kier molecular flexibility index (Phi) is 3.53. The summed E-state index contributed by atoms with van der Waals surface area (Å²) < 4.78 is 0. The molecule has 94 valence electrons. The number of aromatic nitrogens is 2. The van der Waals surface area contributed by atoms with Gasteiger partial charge in [0, 0.05) is 6.42 Å². The molecule has 3 rings (SSSR count). The largest absolute Gasteiger partial charge is 0.144 e. The first-order valence-electron chi connectivity index (χ1n) is 6.72. The minimum atomic E-state index is 0.397. The van der Waals surface area contributed by atoms with E-state index in [4.69, 9.17) is 0 Å². The predicted molar refractivity (Wildman–Crippen MR) is 74.5 cm³/mol. The number of rotatable bonds is 4. The van der Waals surface area contributed by atoms with E-state index in [1.54, 1.807) is 0 Å². The molecule has 0 radical (unpaired) electrons. The number of hydrogen-bond donors (Lipinski definition) is 0. The normalized spacial score (nSPS) is 33.2. The molecule has 0 N–H and O–H groups in total. The highest BCUT2D eigenvalue weighted by Gasteiger charge is 2.39. The average molecular weight is 315 g/mol. The van der Waals surface area contributed by atoms with Crippen LogP contribution in [0.2, 0.25) is 0 Å². The van der Waals surface area contributed by atoms with Gasteiger partial charge in [-0.2, -0.15) is 0 Å². The third-order valence-electron chi connectivity index (χ3n) is 4.43. The van der Waals surface area contributed by atoms with Crippen molar-refractivity contribution in [2.45, 2.75) is 50.3 Å². The standard InChI is InChI=1S/C13H19BrN2S/c1-2-11(14)13-16-15-12(17-13)7-10-6-8-3-4-9(10)5-8/h8-11H,2-7H2,1H3. The Morgan fingerprint density at radius 2 is 2.24 bits per heavy atom. The Morgan fingerprint density at radius 1 is 1.35 bits per heavy atom. The van der Waals surface area contributed by atoms with Gasteiger partial charge in [-0.3, -0.25) is 0 Å². The van der Waals surface area contributed by atoms with E-state index in [2.05, 4.69) is 33.1 Å². The second kappa shape index (κ2) is 4.96. The summed E-state index contributed by atoms with van der Waals surface area (Å²) in [5, 5.41) is 11.1.